The number of hydrogen-bond acceptors (Lipinski definition) is 3. The second kappa shape index (κ2) is 9.10. The van der Waals surface area contributed by atoms with Crippen LogP contribution in [0, 0.1) is 31.2 Å². The Morgan fingerprint density at radius 1 is 1.04 bits per heavy atom. The molecule has 0 aliphatic heterocycles. The smallest absolute Gasteiger partial charge is 0.270 e. The first-order chi connectivity index (χ1) is 12.5. The summed E-state index contributed by atoms with van der Waals surface area (Å²) in [5, 5.41) is 8.98. The molecule has 0 aromatic heterocycles. The Morgan fingerprint density at radius 2 is 1.69 bits per heavy atom. The standard InChI is InChI=1S/C21H21NO3S/c1-3-19-8-4-5-9-20(19)14-16-22(15-6-7-17-23)26(24,25)21-12-10-18(2)11-13-21/h1,4-5,8-13,23H,6-7,15,17H2,2H3. The fourth-order valence-electron chi connectivity index (χ4n) is 2.28. The van der Waals surface area contributed by atoms with Gasteiger partial charge in [0.05, 0.1) is 4.90 Å². The molecule has 0 aliphatic rings. The molecule has 5 heteroatoms. The van der Waals surface area contributed by atoms with E-state index in [2.05, 4.69) is 17.9 Å². The molecule has 0 atom stereocenters. The van der Waals surface area contributed by atoms with E-state index in [1.807, 2.05) is 13.0 Å². The Hall–Kier alpha value is -2.73. The molecule has 0 fully saturated rings. The van der Waals surface area contributed by atoms with Gasteiger partial charge in [0.25, 0.3) is 10.0 Å². The van der Waals surface area contributed by atoms with E-state index in [1.54, 1.807) is 42.5 Å². The molecule has 0 heterocycles. The quantitative estimate of drug-likeness (QED) is 0.485. The second-order valence-electron chi connectivity index (χ2n) is 5.75. The average molecular weight is 367 g/mol. The van der Waals surface area contributed by atoms with Crippen LogP contribution in [0.25, 0.3) is 0 Å². The topological polar surface area (TPSA) is 57.6 Å². The Labute approximate surface area is 155 Å². The third kappa shape index (κ3) is 4.89. The van der Waals surface area contributed by atoms with Gasteiger partial charge in [-0.05, 0) is 50.0 Å². The molecule has 0 unspecified atom stereocenters. The predicted molar refractivity (Wildman–Crippen MR) is 103 cm³/mol. The van der Waals surface area contributed by atoms with Crippen molar-refractivity contribution in [2.75, 3.05) is 13.2 Å². The van der Waals surface area contributed by atoms with Crippen molar-refractivity contribution in [1.29, 1.82) is 0 Å². The predicted octanol–water partition coefficient (Wildman–Crippen LogP) is 2.75. The van der Waals surface area contributed by atoms with Gasteiger partial charge in [-0.15, -0.1) is 6.42 Å². The number of aliphatic hydroxyl groups is 1. The Balaban J connectivity index is 2.39. The Kier molecular flexibility index (Phi) is 6.86. The van der Waals surface area contributed by atoms with Crippen LogP contribution in [-0.4, -0.2) is 31.0 Å². The summed E-state index contributed by atoms with van der Waals surface area (Å²) in [6, 6.07) is 16.5. The van der Waals surface area contributed by atoms with Crippen LogP contribution in [0.3, 0.4) is 0 Å². The molecule has 0 aliphatic carbocycles. The molecule has 2 aromatic rings. The first kappa shape index (κ1) is 19.6. The van der Waals surface area contributed by atoms with E-state index in [0.717, 1.165) is 9.87 Å². The lowest BCUT2D eigenvalue weighted by Crippen LogP contribution is -2.28. The van der Waals surface area contributed by atoms with E-state index in [0.29, 0.717) is 24.0 Å². The van der Waals surface area contributed by atoms with Crippen molar-refractivity contribution < 1.29 is 13.5 Å². The number of benzene rings is 2. The molecular formula is C21H21NO3S. The van der Waals surface area contributed by atoms with E-state index in [-0.39, 0.29) is 18.0 Å². The number of terminal acetylenes is 1. The summed E-state index contributed by atoms with van der Waals surface area (Å²) >= 11 is 0. The van der Waals surface area contributed by atoms with Crippen molar-refractivity contribution in [1.82, 2.24) is 4.31 Å². The van der Waals surface area contributed by atoms with Gasteiger partial charge in [-0.1, -0.05) is 35.7 Å². The number of aryl methyl sites for hydroxylation is 1. The molecule has 2 rings (SSSR count). The number of hydrogen-bond donors (Lipinski definition) is 1. The number of nitrogens with zero attached hydrogens (tertiary/aromatic N) is 1. The molecule has 0 spiro atoms. The molecule has 0 saturated carbocycles. The zero-order chi connectivity index (χ0) is 19.0. The summed E-state index contributed by atoms with van der Waals surface area (Å²) in [6.45, 7) is 2.10. The molecule has 0 saturated heterocycles. The third-order valence-electron chi connectivity index (χ3n) is 3.78. The van der Waals surface area contributed by atoms with Crippen molar-refractivity contribution in [2.45, 2.75) is 24.7 Å². The van der Waals surface area contributed by atoms with Gasteiger partial charge in [-0.2, -0.15) is 0 Å². The highest BCUT2D eigenvalue weighted by molar-refractivity contribution is 7.89. The average Bonchev–Trinajstić information content (AvgIpc) is 2.65. The zero-order valence-electron chi connectivity index (χ0n) is 14.6. The van der Waals surface area contributed by atoms with Crippen molar-refractivity contribution in [3.63, 3.8) is 0 Å². The summed E-state index contributed by atoms with van der Waals surface area (Å²) in [7, 11) is -3.76. The summed E-state index contributed by atoms with van der Waals surface area (Å²) < 4.78 is 27.0. The normalized spacial score (nSPS) is 10.5. The number of unbranched alkanes of at least 4 members (excludes halogenated alkanes) is 1. The Bertz CT molecular complexity index is 945. The molecular weight excluding hydrogens is 346 g/mol. The maximum Gasteiger partial charge on any atom is 0.270 e. The fourth-order valence-corrected chi connectivity index (χ4v) is 3.55. The third-order valence-corrected chi connectivity index (χ3v) is 5.50. The summed E-state index contributed by atoms with van der Waals surface area (Å²) in [6.07, 6.45) is 6.48. The molecule has 26 heavy (non-hydrogen) atoms. The van der Waals surface area contributed by atoms with Gasteiger partial charge in [0.1, 0.15) is 0 Å². The molecule has 2 aromatic carbocycles. The van der Waals surface area contributed by atoms with Crippen LogP contribution in [0.5, 0.6) is 0 Å². The summed E-state index contributed by atoms with van der Waals surface area (Å²) in [5.74, 6) is 5.41. The van der Waals surface area contributed by atoms with Crippen LogP contribution in [-0.2, 0) is 10.0 Å². The van der Waals surface area contributed by atoms with Gasteiger partial charge in [-0.25, -0.2) is 12.7 Å². The fraction of sp³-hybridized carbons (Fsp3) is 0.238. The van der Waals surface area contributed by atoms with Crippen LogP contribution < -0.4 is 0 Å². The molecule has 0 bridgehead atoms. The van der Waals surface area contributed by atoms with Crippen molar-refractivity contribution in [2.24, 2.45) is 0 Å². The largest absolute Gasteiger partial charge is 0.396 e. The minimum absolute atomic E-state index is 0.00573. The van der Waals surface area contributed by atoms with E-state index in [9.17, 15) is 8.42 Å². The molecule has 0 radical (unpaired) electrons. The van der Waals surface area contributed by atoms with Crippen LogP contribution in [0.15, 0.2) is 53.4 Å². The van der Waals surface area contributed by atoms with Gasteiger partial charge in [-0.3, -0.25) is 0 Å². The Morgan fingerprint density at radius 3 is 2.31 bits per heavy atom. The zero-order valence-corrected chi connectivity index (χ0v) is 15.5. The lowest BCUT2D eigenvalue weighted by Gasteiger charge is -2.18. The van der Waals surface area contributed by atoms with Crippen molar-refractivity contribution in [3.8, 4) is 24.3 Å². The first-order valence-electron chi connectivity index (χ1n) is 8.26. The minimum atomic E-state index is -3.76. The van der Waals surface area contributed by atoms with E-state index in [1.165, 1.54) is 0 Å². The van der Waals surface area contributed by atoms with Gasteiger partial charge in [0, 0.05) is 30.3 Å². The monoisotopic (exact) mass is 367 g/mol. The SMILES string of the molecule is C#Cc1ccccc1C#CN(CCCCO)S(=O)(=O)c1ccc(C)cc1. The van der Waals surface area contributed by atoms with E-state index < -0.39 is 10.0 Å². The van der Waals surface area contributed by atoms with Crippen LogP contribution >= 0.6 is 0 Å². The van der Waals surface area contributed by atoms with Gasteiger partial charge in [0.2, 0.25) is 0 Å². The highest BCUT2D eigenvalue weighted by Crippen LogP contribution is 2.17. The number of aliphatic hydroxyl groups excluding tert-OH is 1. The molecule has 1 N–H and O–H groups in total. The van der Waals surface area contributed by atoms with Crippen LogP contribution in [0.1, 0.15) is 29.5 Å². The molecule has 4 nitrogen and oxygen atoms in total. The molecule has 0 amide bonds. The van der Waals surface area contributed by atoms with Crippen LogP contribution in [0.2, 0.25) is 0 Å². The lowest BCUT2D eigenvalue weighted by molar-refractivity contribution is 0.281. The van der Waals surface area contributed by atoms with Crippen molar-refractivity contribution in [3.05, 3.63) is 65.2 Å². The highest BCUT2D eigenvalue weighted by atomic mass is 32.2. The second-order valence-corrected chi connectivity index (χ2v) is 7.61. The summed E-state index contributed by atoms with van der Waals surface area (Å²) in [4.78, 5) is 0.187. The van der Waals surface area contributed by atoms with Crippen molar-refractivity contribution >= 4 is 10.0 Å². The highest BCUT2D eigenvalue weighted by Gasteiger charge is 2.21. The molecule has 134 valence electrons. The lowest BCUT2D eigenvalue weighted by atomic mass is 10.1. The van der Waals surface area contributed by atoms with Crippen LogP contribution in [0.4, 0.5) is 0 Å². The number of sulfonamides is 1. The number of rotatable bonds is 6. The maximum atomic E-state index is 12.9. The maximum absolute atomic E-state index is 12.9. The van der Waals surface area contributed by atoms with E-state index >= 15 is 0 Å². The first-order valence-corrected chi connectivity index (χ1v) is 9.70. The van der Waals surface area contributed by atoms with Gasteiger partial charge in [0.15, 0.2) is 0 Å². The summed E-state index contributed by atoms with van der Waals surface area (Å²) in [5.41, 5.74) is 2.19. The van der Waals surface area contributed by atoms with E-state index in [4.69, 9.17) is 11.5 Å². The van der Waals surface area contributed by atoms with Gasteiger partial charge >= 0.3 is 0 Å². The van der Waals surface area contributed by atoms with Gasteiger partial charge < -0.3 is 5.11 Å². The minimum Gasteiger partial charge on any atom is -0.396 e.